The quantitative estimate of drug-likeness (QED) is 0.522. The van der Waals surface area contributed by atoms with E-state index in [4.69, 9.17) is 0 Å². The molecule has 5 heteroatoms. The number of aromatic hydroxyl groups is 1. The monoisotopic (exact) mass is 273 g/mol. The molecule has 4 nitrogen and oxygen atoms in total. The average molecular weight is 274 g/mol. The number of phenolic OH excluding ortho intramolecular Hbond substituents is 1. The molecule has 0 spiro atoms. The van der Waals surface area contributed by atoms with Gasteiger partial charge >= 0.3 is 5.69 Å². The van der Waals surface area contributed by atoms with Gasteiger partial charge in [-0.3, -0.25) is 10.1 Å². The Balaban J connectivity index is 3.42. The Hall–Kier alpha value is -1.10. The Kier molecular flexibility index (Phi) is 3.68. The summed E-state index contributed by atoms with van der Waals surface area (Å²) in [5.74, 6) is -0.153. The van der Waals surface area contributed by atoms with E-state index >= 15 is 0 Å². The van der Waals surface area contributed by atoms with Crippen LogP contribution in [0.25, 0.3) is 0 Å². The molecule has 1 rings (SSSR count). The summed E-state index contributed by atoms with van der Waals surface area (Å²) in [5.41, 5.74) is 0.895. The first-order valence-electron chi connectivity index (χ1n) is 4.54. The lowest BCUT2D eigenvalue weighted by Crippen LogP contribution is -1.98. The lowest BCUT2D eigenvalue weighted by Gasteiger charge is -2.10. The Bertz CT molecular complexity index is 390. The summed E-state index contributed by atoms with van der Waals surface area (Å²) in [6, 6.07) is 3.39. The highest BCUT2D eigenvalue weighted by atomic mass is 79.9. The third-order valence-corrected chi connectivity index (χ3v) is 2.82. The number of benzene rings is 1. The van der Waals surface area contributed by atoms with Crippen molar-refractivity contribution in [2.24, 2.45) is 0 Å². The van der Waals surface area contributed by atoms with Gasteiger partial charge in [0.15, 0.2) is 5.75 Å². The molecule has 0 aliphatic heterocycles. The number of hydrogen-bond acceptors (Lipinski definition) is 3. The summed E-state index contributed by atoms with van der Waals surface area (Å²) >= 11 is 3.16. The van der Waals surface area contributed by atoms with Gasteiger partial charge in [0.25, 0.3) is 0 Å². The molecule has 1 aromatic rings. The van der Waals surface area contributed by atoms with Gasteiger partial charge in [0.1, 0.15) is 0 Å². The summed E-state index contributed by atoms with van der Waals surface area (Å²) < 4.78 is 0. The highest BCUT2D eigenvalue weighted by molar-refractivity contribution is 9.08. The maximum absolute atomic E-state index is 10.8. The average Bonchev–Trinajstić information content (AvgIpc) is 2.15. The first-order valence-corrected chi connectivity index (χ1v) is 5.66. The molecule has 0 bridgehead atoms. The van der Waals surface area contributed by atoms with Crippen LogP contribution in [0.2, 0.25) is 0 Å². The number of nitrogens with zero attached hydrogens (tertiary/aromatic N) is 1. The number of halogens is 1. The van der Waals surface area contributed by atoms with E-state index in [0.29, 0.717) is 16.5 Å². The van der Waals surface area contributed by atoms with Gasteiger partial charge < -0.3 is 5.11 Å². The number of nitro benzene ring substituents is 1. The van der Waals surface area contributed by atoms with Gasteiger partial charge in [-0.05, 0) is 5.92 Å². The van der Waals surface area contributed by atoms with Crippen LogP contribution in [0.15, 0.2) is 12.1 Å². The van der Waals surface area contributed by atoms with Crippen LogP contribution in [0, 0.1) is 10.1 Å². The number of hydrogen-bond donors (Lipinski definition) is 1. The number of phenols is 1. The topological polar surface area (TPSA) is 63.4 Å². The van der Waals surface area contributed by atoms with Crippen LogP contribution in [-0.2, 0) is 5.33 Å². The minimum Gasteiger partial charge on any atom is -0.502 e. The van der Waals surface area contributed by atoms with Gasteiger partial charge in [-0.15, -0.1) is 0 Å². The van der Waals surface area contributed by atoms with E-state index in [1.165, 1.54) is 0 Å². The maximum atomic E-state index is 10.8. The van der Waals surface area contributed by atoms with Crippen LogP contribution in [0.5, 0.6) is 5.75 Å². The second-order valence-corrected chi connectivity index (χ2v) is 4.12. The second kappa shape index (κ2) is 4.61. The molecule has 0 saturated carbocycles. The molecule has 0 radical (unpaired) electrons. The van der Waals surface area contributed by atoms with Crippen molar-refractivity contribution in [3.05, 3.63) is 33.4 Å². The molecule has 0 aliphatic rings. The molecule has 0 unspecified atom stereocenters. The number of rotatable bonds is 3. The summed E-state index contributed by atoms with van der Waals surface area (Å²) in [7, 11) is 0. The molecule has 1 N–H and O–H groups in total. The van der Waals surface area contributed by atoms with Crippen molar-refractivity contribution in [2.45, 2.75) is 25.1 Å². The van der Waals surface area contributed by atoms with E-state index in [2.05, 4.69) is 15.9 Å². The van der Waals surface area contributed by atoms with Crippen molar-refractivity contribution in [3.8, 4) is 5.75 Å². The first-order chi connectivity index (χ1) is 6.99. The lowest BCUT2D eigenvalue weighted by atomic mass is 9.99. The van der Waals surface area contributed by atoms with Gasteiger partial charge in [-0.2, -0.15) is 0 Å². The SMILES string of the molecule is CC(C)c1ccc(CBr)c([N+](=O)[O-])c1O. The van der Waals surface area contributed by atoms with E-state index < -0.39 is 4.92 Å². The molecule has 0 fully saturated rings. The van der Waals surface area contributed by atoms with E-state index in [-0.39, 0.29) is 17.4 Å². The zero-order valence-corrected chi connectivity index (χ0v) is 10.1. The van der Waals surface area contributed by atoms with E-state index in [9.17, 15) is 15.2 Å². The van der Waals surface area contributed by atoms with Crippen LogP contribution >= 0.6 is 15.9 Å². The molecule has 15 heavy (non-hydrogen) atoms. The van der Waals surface area contributed by atoms with E-state index in [0.717, 1.165) is 0 Å². The zero-order valence-electron chi connectivity index (χ0n) is 8.53. The fourth-order valence-electron chi connectivity index (χ4n) is 1.41. The molecule has 0 saturated heterocycles. The Morgan fingerprint density at radius 3 is 2.53 bits per heavy atom. The summed E-state index contributed by atoms with van der Waals surface area (Å²) in [5, 5.41) is 20.9. The van der Waals surface area contributed by atoms with Crippen LogP contribution in [0.3, 0.4) is 0 Å². The smallest absolute Gasteiger partial charge is 0.314 e. The highest BCUT2D eigenvalue weighted by Gasteiger charge is 2.22. The van der Waals surface area contributed by atoms with Crippen LogP contribution in [-0.4, -0.2) is 10.0 Å². The normalized spacial score (nSPS) is 10.7. The summed E-state index contributed by atoms with van der Waals surface area (Å²) in [6.07, 6.45) is 0. The molecule has 0 amide bonds. The third kappa shape index (κ3) is 2.28. The highest BCUT2D eigenvalue weighted by Crippen LogP contribution is 2.37. The fourth-order valence-corrected chi connectivity index (χ4v) is 1.87. The fraction of sp³-hybridized carbons (Fsp3) is 0.400. The molecule has 0 aliphatic carbocycles. The molecule has 1 aromatic carbocycles. The minimum absolute atomic E-state index is 0.0630. The van der Waals surface area contributed by atoms with Gasteiger partial charge in [0.2, 0.25) is 0 Å². The molecule has 82 valence electrons. The Morgan fingerprint density at radius 1 is 1.53 bits per heavy atom. The minimum atomic E-state index is -0.544. The Morgan fingerprint density at radius 2 is 2.13 bits per heavy atom. The van der Waals surface area contributed by atoms with Gasteiger partial charge in [-0.1, -0.05) is 41.9 Å². The Labute approximate surface area is 96.2 Å². The molecular formula is C10H12BrNO3. The lowest BCUT2D eigenvalue weighted by molar-refractivity contribution is -0.386. The molecule has 0 atom stereocenters. The third-order valence-electron chi connectivity index (χ3n) is 2.21. The van der Waals surface area contributed by atoms with Crippen molar-refractivity contribution < 1.29 is 10.0 Å². The van der Waals surface area contributed by atoms with Crippen LogP contribution in [0.1, 0.15) is 30.9 Å². The predicted octanol–water partition coefficient (Wildman–Crippen LogP) is 3.32. The van der Waals surface area contributed by atoms with E-state index in [1.807, 2.05) is 13.8 Å². The van der Waals surface area contributed by atoms with Crippen molar-refractivity contribution in [3.63, 3.8) is 0 Å². The first kappa shape index (κ1) is 12.0. The van der Waals surface area contributed by atoms with Gasteiger partial charge in [0.05, 0.1) is 4.92 Å². The van der Waals surface area contributed by atoms with Gasteiger partial charge in [0, 0.05) is 16.5 Å². The van der Waals surface area contributed by atoms with Crippen LogP contribution in [0.4, 0.5) is 5.69 Å². The largest absolute Gasteiger partial charge is 0.502 e. The molecule has 0 heterocycles. The van der Waals surface area contributed by atoms with E-state index in [1.54, 1.807) is 12.1 Å². The standard InChI is InChI=1S/C10H12BrNO3/c1-6(2)8-4-3-7(5-11)9(10(8)13)12(14)15/h3-4,6,13H,5H2,1-2H3. The number of nitro groups is 1. The van der Waals surface area contributed by atoms with Crippen molar-refractivity contribution >= 4 is 21.6 Å². The number of alkyl halides is 1. The van der Waals surface area contributed by atoms with Crippen molar-refractivity contribution in [1.82, 2.24) is 0 Å². The van der Waals surface area contributed by atoms with Crippen LogP contribution < -0.4 is 0 Å². The molecular weight excluding hydrogens is 262 g/mol. The predicted molar refractivity (Wildman–Crippen MR) is 61.5 cm³/mol. The second-order valence-electron chi connectivity index (χ2n) is 3.56. The van der Waals surface area contributed by atoms with Crippen molar-refractivity contribution in [2.75, 3.05) is 0 Å². The van der Waals surface area contributed by atoms with Crippen molar-refractivity contribution in [1.29, 1.82) is 0 Å². The summed E-state index contributed by atoms with van der Waals surface area (Å²) in [4.78, 5) is 10.3. The maximum Gasteiger partial charge on any atom is 0.314 e. The zero-order chi connectivity index (χ0) is 11.6. The van der Waals surface area contributed by atoms with Gasteiger partial charge in [-0.25, -0.2) is 0 Å². The summed E-state index contributed by atoms with van der Waals surface area (Å²) in [6.45, 7) is 3.76. The molecule has 0 aromatic heterocycles.